The van der Waals surface area contributed by atoms with Crippen LogP contribution < -0.4 is 0 Å². The molecule has 0 saturated heterocycles. The van der Waals surface area contributed by atoms with E-state index in [4.69, 9.17) is 5.11 Å². The van der Waals surface area contributed by atoms with Crippen LogP contribution in [-0.2, 0) is 4.79 Å². The molecule has 2 aliphatic rings. The fourth-order valence-electron chi connectivity index (χ4n) is 3.82. The highest BCUT2D eigenvalue weighted by Gasteiger charge is 2.46. The van der Waals surface area contributed by atoms with Crippen molar-refractivity contribution in [2.75, 3.05) is 0 Å². The van der Waals surface area contributed by atoms with Crippen LogP contribution >= 0.6 is 0 Å². The number of hydrogen-bond donors (Lipinski definition) is 2. The Morgan fingerprint density at radius 3 is 2.78 bits per heavy atom. The molecule has 100 valence electrons. The van der Waals surface area contributed by atoms with E-state index >= 15 is 0 Å². The van der Waals surface area contributed by atoms with Gasteiger partial charge in [0, 0.05) is 5.57 Å². The van der Waals surface area contributed by atoms with Crippen molar-refractivity contribution in [3.63, 3.8) is 0 Å². The molecule has 0 radical (unpaired) electrons. The van der Waals surface area contributed by atoms with Gasteiger partial charge in [0.1, 0.15) is 0 Å². The van der Waals surface area contributed by atoms with Crippen LogP contribution in [0.1, 0.15) is 39.0 Å². The van der Waals surface area contributed by atoms with E-state index < -0.39 is 5.97 Å². The zero-order valence-electron chi connectivity index (χ0n) is 11.0. The molecule has 3 heteroatoms. The number of carboxylic acid groups (broad SMARTS) is 1. The average Bonchev–Trinajstić information content (AvgIpc) is 2.26. The summed E-state index contributed by atoms with van der Waals surface area (Å²) in [5, 5.41) is 18.9. The molecule has 4 atom stereocenters. The van der Waals surface area contributed by atoms with Crippen molar-refractivity contribution in [1.82, 2.24) is 0 Å². The second-order valence-electron chi connectivity index (χ2n) is 6.23. The van der Waals surface area contributed by atoms with E-state index in [1.165, 1.54) is 0 Å². The predicted molar refractivity (Wildman–Crippen MR) is 70.1 cm³/mol. The molecule has 0 aromatic heterocycles. The van der Waals surface area contributed by atoms with Crippen molar-refractivity contribution in [3.05, 3.63) is 24.3 Å². The van der Waals surface area contributed by atoms with Crippen molar-refractivity contribution < 1.29 is 15.0 Å². The van der Waals surface area contributed by atoms with Gasteiger partial charge in [0.05, 0.1) is 6.10 Å². The van der Waals surface area contributed by atoms with Crippen molar-refractivity contribution in [3.8, 4) is 0 Å². The number of aliphatic hydroxyl groups excluding tert-OH is 1. The lowest BCUT2D eigenvalue weighted by Gasteiger charge is -2.50. The molecule has 0 unspecified atom stereocenters. The first kappa shape index (κ1) is 13.3. The molecule has 0 aromatic rings. The number of hydrogen-bond acceptors (Lipinski definition) is 2. The van der Waals surface area contributed by atoms with Crippen molar-refractivity contribution >= 4 is 5.97 Å². The maximum atomic E-state index is 11.0. The fourth-order valence-corrected chi connectivity index (χ4v) is 3.82. The largest absolute Gasteiger partial charge is 0.478 e. The maximum Gasteiger partial charge on any atom is 0.331 e. The van der Waals surface area contributed by atoms with Gasteiger partial charge in [-0.3, -0.25) is 0 Å². The second-order valence-corrected chi connectivity index (χ2v) is 6.23. The first-order valence-corrected chi connectivity index (χ1v) is 6.61. The molecule has 0 amide bonds. The lowest BCUT2D eigenvalue weighted by atomic mass is 9.55. The zero-order chi connectivity index (χ0) is 13.5. The molecular formula is C15H22O3. The van der Waals surface area contributed by atoms with Gasteiger partial charge >= 0.3 is 5.97 Å². The summed E-state index contributed by atoms with van der Waals surface area (Å²) < 4.78 is 0. The highest BCUT2D eigenvalue weighted by atomic mass is 16.4. The first-order valence-electron chi connectivity index (χ1n) is 6.61. The van der Waals surface area contributed by atoms with Gasteiger partial charge in [0.15, 0.2) is 0 Å². The van der Waals surface area contributed by atoms with E-state index in [0.29, 0.717) is 17.9 Å². The van der Waals surface area contributed by atoms with Gasteiger partial charge in [-0.1, -0.05) is 25.7 Å². The van der Waals surface area contributed by atoms with E-state index in [0.717, 1.165) is 31.3 Å². The molecule has 2 saturated carbocycles. The molecule has 2 aliphatic carbocycles. The Kier molecular flexibility index (Phi) is 3.37. The van der Waals surface area contributed by atoms with E-state index in [1.54, 1.807) is 0 Å². The highest BCUT2D eigenvalue weighted by Crippen LogP contribution is 2.54. The summed E-state index contributed by atoms with van der Waals surface area (Å²) >= 11 is 0. The van der Waals surface area contributed by atoms with Crippen LogP contribution in [0.2, 0.25) is 0 Å². The minimum absolute atomic E-state index is 0.0626. The van der Waals surface area contributed by atoms with Gasteiger partial charge in [0.25, 0.3) is 0 Å². The Balaban J connectivity index is 2.16. The molecule has 18 heavy (non-hydrogen) atoms. The summed E-state index contributed by atoms with van der Waals surface area (Å²) in [7, 11) is 0. The quantitative estimate of drug-likeness (QED) is 0.585. The molecule has 0 spiro atoms. The lowest BCUT2D eigenvalue weighted by molar-refractivity contribution is -0.133. The molecule has 0 heterocycles. The number of aliphatic hydroxyl groups is 1. The van der Waals surface area contributed by atoms with Crippen molar-refractivity contribution in [1.29, 1.82) is 0 Å². The van der Waals surface area contributed by atoms with E-state index in [2.05, 4.69) is 20.1 Å². The average molecular weight is 250 g/mol. The molecule has 0 aliphatic heterocycles. The van der Waals surface area contributed by atoms with Gasteiger partial charge in [0.2, 0.25) is 0 Å². The summed E-state index contributed by atoms with van der Waals surface area (Å²) in [6, 6.07) is 0. The van der Waals surface area contributed by atoms with Crippen LogP contribution in [0.15, 0.2) is 24.3 Å². The minimum atomic E-state index is -0.884. The monoisotopic (exact) mass is 250 g/mol. The van der Waals surface area contributed by atoms with Gasteiger partial charge in [-0.2, -0.15) is 0 Å². The third kappa shape index (κ3) is 2.24. The number of fused-ring (bicyclic) bond motifs is 1. The van der Waals surface area contributed by atoms with Gasteiger partial charge < -0.3 is 10.2 Å². The Bertz CT molecular complexity index is 399. The summed E-state index contributed by atoms with van der Waals surface area (Å²) in [5.41, 5.74) is 1.50. The van der Waals surface area contributed by atoms with Crippen LogP contribution in [0.3, 0.4) is 0 Å². The Labute approximate surface area is 108 Å². The number of aliphatic carboxylic acids is 1. The van der Waals surface area contributed by atoms with Crippen LogP contribution in [0.5, 0.6) is 0 Å². The standard InChI is InChI=1S/C15H22O3/c1-9-6-12(16)8-15(3)5-4-11(7-13(9)15)10(2)14(17)18/h11-13,16H,1-2,4-8H2,3H3,(H,17,18)/t11-,12+,13+,15+/m1/s1. The highest BCUT2D eigenvalue weighted by molar-refractivity contribution is 5.86. The Morgan fingerprint density at radius 1 is 1.50 bits per heavy atom. The third-order valence-corrected chi connectivity index (χ3v) is 4.89. The molecule has 3 nitrogen and oxygen atoms in total. The van der Waals surface area contributed by atoms with Gasteiger partial charge in [-0.25, -0.2) is 4.79 Å². The molecule has 2 N–H and O–H groups in total. The van der Waals surface area contributed by atoms with Crippen LogP contribution in [-0.4, -0.2) is 22.3 Å². The number of carbonyl (C=O) groups is 1. The fraction of sp³-hybridized carbons (Fsp3) is 0.667. The molecular weight excluding hydrogens is 228 g/mol. The summed E-state index contributed by atoms with van der Waals surface area (Å²) in [6.45, 7) is 9.99. The lowest BCUT2D eigenvalue weighted by Crippen LogP contribution is -2.43. The van der Waals surface area contributed by atoms with E-state index in [1.807, 2.05) is 0 Å². The summed E-state index contributed by atoms with van der Waals surface area (Å²) in [5.74, 6) is -0.492. The summed E-state index contributed by atoms with van der Waals surface area (Å²) in [6.07, 6.45) is 3.82. The molecule has 0 bridgehead atoms. The molecule has 0 aromatic carbocycles. The number of carboxylic acids is 1. The predicted octanol–water partition coefficient (Wildman–Crippen LogP) is 2.76. The topological polar surface area (TPSA) is 57.5 Å². The molecule has 2 fully saturated rings. The van der Waals surface area contributed by atoms with E-state index in [-0.39, 0.29) is 17.4 Å². The molecule has 2 rings (SSSR count). The van der Waals surface area contributed by atoms with Crippen molar-refractivity contribution in [2.24, 2.45) is 17.3 Å². The Morgan fingerprint density at radius 2 is 2.17 bits per heavy atom. The van der Waals surface area contributed by atoms with Gasteiger partial charge in [-0.05, 0) is 49.4 Å². The van der Waals surface area contributed by atoms with Crippen LogP contribution in [0, 0.1) is 17.3 Å². The zero-order valence-corrected chi connectivity index (χ0v) is 11.0. The SMILES string of the molecule is C=C(C(=O)O)[C@@H]1CC[C@@]2(C)C[C@@H](O)CC(=C)[C@@H]2C1. The maximum absolute atomic E-state index is 11.0. The Hall–Kier alpha value is -1.09. The van der Waals surface area contributed by atoms with Gasteiger partial charge in [-0.15, -0.1) is 0 Å². The number of rotatable bonds is 2. The van der Waals surface area contributed by atoms with Crippen LogP contribution in [0.25, 0.3) is 0 Å². The van der Waals surface area contributed by atoms with E-state index in [9.17, 15) is 9.90 Å². The smallest absolute Gasteiger partial charge is 0.331 e. The van der Waals surface area contributed by atoms with Crippen molar-refractivity contribution in [2.45, 2.75) is 45.1 Å². The third-order valence-electron chi connectivity index (χ3n) is 4.89. The normalized spacial score (nSPS) is 40.1. The van der Waals surface area contributed by atoms with Crippen LogP contribution in [0.4, 0.5) is 0 Å². The summed E-state index contributed by atoms with van der Waals surface area (Å²) in [4.78, 5) is 11.0. The first-order chi connectivity index (χ1) is 8.33. The second kappa shape index (κ2) is 4.54. The minimum Gasteiger partial charge on any atom is -0.478 e.